The molecule has 0 amide bonds. The number of allylic oxidation sites excluding steroid dienone is 1. The zero-order chi connectivity index (χ0) is 22.6. The molecule has 1 aliphatic rings. The first-order valence-electron chi connectivity index (χ1n) is 11.1. The van der Waals surface area contributed by atoms with Gasteiger partial charge in [0.2, 0.25) is 0 Å². The number of halogens is 2. The Labute approximate surface area is 197 Å². The summed E-state index contributed by atoms with van der Waals surface area (Å²) in [5.74, 6) is 1.82. The summed E-state index contributed by atoms with van der Waals surface area (Å²) in [6.07, 6.45) is 3.67. The van der Waals surface area contributed by atoms with E-state index in [1.165, 1.54) is 11.1 Å². The minimum Gasteiger partial charge on any atom is -0.478 e. The van der Waals surface area contributed by atoms with Crippen molar-refractivity contribution in [1.29, 1.82) is 0 Å². The van der Waals surface area contributed by atoms with Crippen LogP contribution in [0.25, 0.3) is 0 Å². The highest BCUT2D eigenvalue weighted by atomic mass is 35.5. The van der Waals surface area contributed by atoms with E-state index in [-0.39, 0.29) is 23.3 Å². The van der Waals surface area contributed by atoms with Gasteiger partial charge in [0, 0.05) is 15.5 Å². The molecular formula is C27H33Cl2NO. The van der Waals surface area contributed by atoms with Crippen LogP contribution in [0.1, 0.15) is 63.5 Å². The SMILES string of the molecule is C=CC[C@@](C)(C[C@H](c1cccc(Cl)c1)[C@H](C)c1ccc(Cl)cc1)C1=N[C@@H](C(C)C)CO1. The molecule has 0 unspecified atom stereocenters. The van der Waals surface area contributed by atoms with Crippen molar-refractivity contribution in [3.8, 4) is 0 Å². The molecule has 0 saturated carbocycles. The highest BCUT2D eigenvalue weighted by Gasteiger charge is 2.40. The van der Waals surface area contributed by atoms with Crippen LogP contribution in [0.2, 0.25) is 10.0 Å². The third-order valence-corrected chi connectivity index (χ3v) is 6.99. The summed E-state index contributed by atoms with van der Waals surface area (Å²) < 4.78 is 6.16. The zero-order valence-electron chi connectivity index (χ0n) is 18.9. The molecule has 0 radical (unpaired) electrons. The molecule has 0 aromatic heterocycles. The minimum atomic E-state index is -0.237. The Morgan fingerprint density at radius 3 is 2.39 bits per heavy atom. The molecule has 1 heterocycles. The van der Waals surface area contributed by atoms with Gasteiger partial charge < -0.3 is 4.74 Å². The Morgan fingerprint density at radius 1 is 1.10 bits per heavy atom. The molecule has 4 atom stereocenters. The number of hydrogen-bond donors (Lipinski definition) is 0. The van der Waals surface area contributed by atoms with E-state index in [9.17, 15) is 0 Å². The van der Waals surface area contributed by atoms with Crippen LogP contribution in [-0.4, -0.2) is 18.5 Å². The number of ether oxygens (including phenoxy) is 1. The van der Waals surface area contributed by atoms with Crippen molar-refractivity contribution in [2.24, 2.45) is 16.3 Å². The minimum absolute atomic E-state index is 0.220. The molecule has 166 valence electrons. The van der Waals surface area contributed by atoms with Gasteiger partial charge >= 0.3 is 0 Å². The molecule has 2 nitrogen and oxygen atoms in total. The first-order valence-corrected chi connectivity index (χ1v) is 11.8. The lowest BCUT2D eigenvalue weighted by atomic mass is 9.70. The maximum Gasteiger partial charge on any atom is 0.190 e. The van der Waals surface area contributed by atoms with E-state index in [2.05, 4.69) is 58.5 Å². The van der Waals surface area contributed by atoms with Crippen LogP contribution in [0, 0.1) is 11.3 Å². The van der Waals surface area contributed by atoms with Crippen molar-refractivity contribution >= 4 is 29.1 Å². The van der Waals surface area contributed by atoms with Crippen LogP contribution >= 0.6 is 23.2 Å². The smallest absolute Gasteiger partial charge is 0.190 e. The van der Waals surface area contributed by atoms with Gasteiger partial charge in [0.05, 0.1) is 6.04 Å². The number of nitrogens with zero attached hydrogens (tertiary/aromatic N) is 1. The topological polar surface area (TPSA) is 21.6 Å². The molecule has 31 heavy (non-hydrogen) atoms. The van der Waals surface area contributed by atoms with Gasteiger partial charge in [-0.05, 0) is 66.0 Å². The van der Waals surface area contributed by atoms with Gasteiger partial charge in [0.1, 0.15) is 6.61 Å². The Balaban J connectivity index is 2.00. The van der Waals surface area contributed by atoms with E-state index in [0.29, 0.717) is 12.5 Å². The van der Waals surface area contributed by atoms with Crippen molar-refractivity contribution in [3.05, 3.63) is 82.4 Å². The standard InChI is InChI=1S/C27H33Cl2NO/c1-6-14-27(5,26-30-25(17-31-26)18(2)3)16-24(21-8-7-9-23(29)15-21)19(4)20-10-12-22(28)13-11-20/h6-13,15,18-19,24-25H,1,14,16-17H2,2-5H3/t19-,24+,25-,27+/m1/s1. The van der Waals surface area contributed by atoms with Crippen LogP contribution in [0.4, 0.5) is 0 Å². The quantitative estimate of drug-likeness (QED) is 0.346. The van der Waals surface area contributed by atoms with Gasteiger partial charge in [-0.15, -0.1) is 6.58 Å². The number of rotatable bonds is 9. The molecular weight excluding hydrogens is 425 g/mol. The predicted molar refractivity (Wildman–Crippen MR) is 134 cm³/mol. The van der Waals surface area contributed by atoms with Gasteiger partial charge in [0.15, 0.2) is 5.90 Å². The second kappa shape index (κ2) is 10.2. The summed E-state index contributed by atoms with van der Waals surface area (Å²) in [6.45, 7) is 13.6. The Bertz CT molecular complexity index is 921. The van der Waals surface area contributed by atoms with Crippen molar-refractivity contribution in [3.63, 3.8) is 0 Å². The van der Waals surface area contributed by atoms with Crippen LogP contribution in [-0.2, 0) is 4.74 Å². The zero-order valence-corrected chi connectivity index (χ0v) is 20.5. The van der Waals surface area contributed by atoms with Crippen LogP contribution in [0.3, 0.4) is 0 Å². The fraction of sp³-hybridized carbons (Fsp3) is 0.444. The molecule has 0 saturated heterocycles. The first-order chi connectivity index (χ1) is 14.7. The monoisotopic (exact) mass is 457 g/mol. The lowest BCUT2D eigenvalue weighted by molar-refractivity contribution is 0.239. The summed E-state index contributed by atoms with van der Waals surface area (Å²) in [4.78, 5) is 4.99. The van der Waals surface area contributed by atoms with Crippen molar-refractivity contribution in [1.82, 2.24) is 0 Å². The fourth-order valence-corrected chi connectivity index (χ4v) is 4.77. The lowest BCUT2D eigenvalue weighted by Crippen LogP contribution is -2.31. The van der Waals surface area contributed by atoms with Crippen LogP contribution < -0.4 is 0 Å². The Kier molecular flexibility index (Phi) is 7.88. The second-order valence-electron chi connectivity index (χ2n) is 9.32. The van der Waals surface area contributed by atoms with E-state index in [4.69, 9.17) is 32.9 Å². The average molecular weight is 458 g/mol. The molecule has 0 bridgehead atoms. The van der Waals surface area contributed by atoms with Crippen molar-refractivity contribution < 1.29 is 4.74 Å². The summed E-state index contributed by atoms with van der Waals surface area (Å²) in [5.41, 5.74) is 2.24. The highest BCUT2D eigenvalue weighted by Crippen LogP contribution is 2.45. The summed E-state index contributed by atoms with van der Waals surface area (Å²) in [6, 6.07) is 16.6. The Morgan fingerprint density at radius 2 is 1.81 bits per heavy atom. The molecule has 0 fully saturated rings. The highest BCUT2D eigenvalue weighted by molar-refractivity contribution is 6.30. The Hall–Kier alpha value is -1.77. The third-order valence-electron chi connectivity index (χ3n) is 6.50. The molecule has 0 spiro atoms. The van der Waals surface area contributed by atoms with Crippen LogP contribution in [0.15, 0.2) is 66.2 Å². The molecule has 1 aliphatic heterocycles. The van der Waals surface area contributed by atoms with E-state index in [1.807, 2.05) is 30.3 Å². The van der Waals surface area contributed by atoms with E-state index in [0.717, 1.165) is 28.8 Å². The van der Waals surface area contributed by atoms with E-state index >= 15 is 0 Å². The fourth-order valence-electron chi connectivity index (χ4n) is 4.44. The van der Waals surface area contributed by atoms with Gasteiger partial charge in [-0.1, -0.05) is 81.2 Å². The van der Waals surface area contributed by atoms with Gasteiger partial charge in [-0.3, -0.25) is 0 Å². The van der Waals surface area contributed by atoms with Gasteiger partial charge in [0.25, 0.3) is 0 Å². The van der Waals surface area contributed by atoms with Gasteiger partial charge in [-0.2, -0.15) is 0 Å². The summed E-state index contributed by atoms with van der Waals surface area (Å²) in [7, 11) is 0. The normalized spacial score (nSPS) is 20.0. The molecule has 3 rings (SSSR count). The average Bonchev–Trinajstić information content (AvgIpc) is 3.24. The van der Waals surface area contributed by atoms with Gasteiger partial charge in [-0.25, -0.2) is 4.99 Å². The largest absolute Gasteiger partial charge is 0.478 e. The summed E-state index contributed by atoms with van der Waals surface area (Å²) >= 11 is 12.5. The van der Waals surface area contributed by atoms with Crippen molar-refractivity contribution in [2.75, 3.05) is 6.61 Å². The molecule has 2 aromatic carbocycles. The number of benzene rings is 2. The first kappa shape index (κ1) is 23.9. The third kappa shape index (κ3) is 5.73. The molecule has 0 aliphatic carbocycles. The second-order valence-corrected chi connectivity index (χ2v) is 10.2. The maximum atomic E-state index is 6.39. The van der Waals surface area contributed by atoms with E-state index in [1.54, 1.807) is 0 Å². The maximum absolute atomic E-state index is 6.39. The van der Waals surface area contributed by atoms with E-state index < -0.39 is 0 Å². The summed E-state index contributed by atoms with van der Waals surface area (Å²) in [5, 5.41) is 1.51. The molecule has 2 aromatic rings. The predicted octanol–water partition coefficient (Wildman–Crippen LogP) is 8.31. The molecule has 0 N–H and O–H groups in total. The molecule has 4 heteroatoms. The number of hydrogen-bond acceptors (Lipinski definition) is 2. The van der Waals surface area contributed by atoms with Crippen molar-refractivity contribution in [2.45, 2.75) is 58.4 Å². The number of aliphatic imine (C=N–C) groups is 1. The lowest BCUT2D eigenvalue weighted by Gasteiger charge is -2.35. The van der Waals surface area contributed by atoms with Crippen LogP contribution in [0.5, 0.6) is 0 Å².